The number of amides is 1. The van der Waals surface area contributed by atoms with Crippen LogP contribution in [0.25, 0.3) is 0 Å². The van der Waals surface area contributed by atoms with Crippen molar-refractivity contribution in [2.75, 3.05) is 28.4 Å². The molecule has 140 valence electrons. The predicted octanol–water partition coefficient (Wildman–Crippen LogP) is 3.82. The van der Waals surface area contributed by atoms with Crippen molar-refractivity contribution < 1.29 is 23.7 Å². The first-order valence-electron chi connectivity index (χ1n) is 7.89. The first kappa shape index (κ1) is 20.2. The highest BCUT2D eigenvalue weighted by molar-refractivity contribution is 14.1. The lowest BCUT2D eigenvalue weighted by atomic mass is 10.1. The molecule has 2 aromatic carbocycles. The van der Waals surface area contributed by atoms with Gasteiger partial charge in [-0.05, 0) is 59.3 Å². The molecule has 2 aromatic rings. The molecule has 0 heterocycles. The van der Waals surface area contributed by atoms with E-state index in [0.717, 1.165) is 9.13 Å². The molecule has 26 heavy (non-hydrogen) atoms. The summed E-state index contributed by atoms with van der Waals surface area (Å²) in [7, 11) is 6.27. The van der Waals surface area contributed by atoms with E-state index in [1.54, 1.807) is 40.6 Å². The van der Waals surface area contributed by atoms with Crippen LogP contribution in [0.5, 0.6) is 23.0 Å². The summed E-state index contributed by atoms with van der Waals surface area (Å²) in [6, 6.07) is 8.80. The molecule has 7 heteroatoms. The monoisotopic (exact) mass is 471 g/mol. The van der Waals surface area contributed by atoms with E-state index in [-0.39, 0.29) is 11.9 Å². The molecule has 0 aliphatic rings. The number of methoxy groups -OCH3 is 4. The van der Waals surface area contributed by atoms with Crippen molar-refractivity contribution in [1.82, 2.24) is 5.32 Å². The maximum Gasteiger partial charge on any atom is 0.252 e. The zero-order valence-corrected chi connectivity index (χ0v) is 17.5. The van der Waals surface area contributed by atoms with E-state index in [1.165, 1.54) is 0 Å². The van der Waals surface area contributed by atoms with Crippen LogP contribution in [0.15, 0.2) is 30.3 Å². The van der Waals surface area contributed by atoms with Gasteiger partial charge >= 0.3 is 0 Å². The van der Waals surface area contributed by atoms with E-state index < -0.39 is 0 Å². The third-order valence-corrected chi connectivity index (χ3v) is 4.87. The molecule has 6 nitrogen and oxygen atoms in total. The van der Waals surface area contributed by atoms with Crippen LogP contribution in [0.2, 0.25) is 0 Å². The number of halogens is 1. The van der Waals surface area contributed by atoms with Gasteiger partial charge in [-0.25, -0.2) is 0 Å². The number of nitrogens with one attached hydrogen (secondary N) is 1. The number of carbonyl (C=O) groups excluding carboxylic acids is 1. The first-order valence-corrected chi connectivity index (χ1v) is 8.97. The minimum absolute atomic E-state index is 0.197. The normalized spacial score (nSPS) is 11.5. The van der Waals surface area contributed by atoms with E-state index in [9.17, 15) is 4.79 Å². The molecule has 0 aromatic heterocycles. The Morgan fingerprint density at radius 1 is 0.885 bits per heavy atom. The highest BCUT2D eigenvalue weighted by Crippen LogP contribution is 2.32. The van der Waals surface area contributed by atoms with Gasteiger partial charge in [0, 0.05) is 3.57 Å². The molecule has 1 atom stereocenters. The van der Waals surface area contributed by atoms with Gasteiger partial charge in [-0.15, -0.1) is 0 Å². The number of hydrogen-bond acceptors (Lipinski definition) is 5. The van der Waals surface area contributed by atoms with Gasteiger partial charge in [0.1, 0.15) is 0 Å². The van der Waals surface area contributed by atoms with Gasteiger partial charge in [0.15, 0.2) is 23.0 Å². The summed E-state index contributed by atoms with van der Waals surface area (Å²) in [6.07, 6.45) is 0. The number of benzene rings is 2. The van der Waals surface area contributed by atoms with Gasteiger partial charge in [-0.2, -0.15) is 0 Å². The summed E-state index contributed by atoms with van der Waals surface area (Å²) in [4.78, 5) is 12.7. The standard InChI is InChI=1S/C19H22INO5/c1-11(12-6-7-15(23-2)16(8-12)24-3)21-19(22)13-9-17(25-4)18(26-5)10-14(13)20/h6-11H,1-5H3,(H,21,22). The Labute approximate surface area is 166 Å². The Bertz CT molecular complexity index is 794. The molecular formula is C19H22INO5. The second-order valence-electron chi connectivity index (χ2n) is 5.50. The van der Waals surface area contributed by atoms with E-state index in [2.05, 4.69) is 27.9 Å². The molecule has 1 amide bonds. The van der Waals surface area contributed by atoms with Gasteiger partial charge in [0.05, 0.1) is 40.0 Å². The maximum atomic E-state index is 12.7. The van der Waals surface area contributed by atoms with Crippen molar-refractivity contribution in [2.45, 2.75) is 13.0 Å². The highest BCUT2D eigenvalue weighted by atomic mass is 127. The van der Waals surface area contributed by atoms with E-state index in [4.69, 9.17) is 18.9 Å². The average Bonchev–Trinajstić information content (AvgIpc) is 2.66. The molecule has 0 radical (unpaired) electrons. The molecule has 1 N–H and O–H groups in total. The predicted molar refractivity (Wildman–Crippen MR) is 108 cm³/mol. The molecule has 2 rings (SSSR count). The fraction of sp³-hybridized carbons (Fsp3) is 0.316. The second kappa shape index (κ2) is 8.98. The summed E-state index contributed by atoms with van der Waals surface area (Å²) in [5.74, 6) is 2.16. The van der Waals surface area contributed by atoms with Crippen LogP contribution in [0, 0.1) is 3.57 Å². The largest absolute Gasteiger partial charge is 0.493 e. The smallest absolute Gasteiger partial charge is 0.252 e. The minimum atomic E-state index is -0.216. The van der Waals surface area contributed by atoms with Crippen LogP contribution in [0.4, 0.5) is 0 Å². The van der Waals surface area contributed by atoms with Crippen molar-refractivity contribution in [3.8, 4) is 23.0 Å². The molecule has 0 spiro atoms. The Balaban J connectivity index is 2.24. The fourth-order valence-electron chi connectivity index (χ4n) is 2.51. The zero-order valence-electron chi connectivity index (χ0n) is 15.4. The molecule has 0 aliphatic heterocycles. The molecule has 0 bridgehead atoms. The van der Waals surface area contributed by atoms with Crippen LogP contribution in [-0.4, -0.2) is 34.3 Å². The van der Waals surface area contributed by atoms with Crippen LogP contribution in [0.1, 0.15) is 28.9 Å². The summed E-state index contributed by atoms with van der Waals surface area (Å²) >= 11 is 2.11. The summed E-state index contributed by atoms with van der Waals surface area (Å²) in [6.45, 7) is 1.91. The molecule has 0 saturated carbocycles. The summed E-state index contributed by atoms with van der Waals surface area (Å²) < 4.78 is 21.9. The number of carbonyl (C=O) groups is 1. The number of hydrogen-bond donors (Lipinski definition) is 1. The van der Waals surface area contributed by atoms with E-state index in [0.29, 0.717) is 28.6 Å². The lowest BCUT2D eigenvalue weighted by molar-refractivity contribution is 0.0938. The quantitative estimate of drug-likeness (QED) is 0.623. The van der Waals surface area contributed by atoms with Crippen molar-refractivity contribution in [2.24, 2.45) is 0 Å². The molecule has 0 saturated heterocycles. The summed E-state index contributed by atoms with van der Waals surface area (Å²) in [5, 5.41) is 2.99. The second-order valence-corrected chi connectivity index (χ2v) is 6.66. The fourth-order valence-corrected chi connectivity index (χ4v) is 3.19. The Morgan fingerprint density at radius 3 is 2.00 bits per heavy atom. The Hall–Kier alpha value is -2.16. The lowest BCUT2D eigenvalue weighted by Crippen LogP contribution is -2.27. The average molecular weight is 471 g/mol. The third kappa shape index (κ3) is 4.32. The van der Waals surface area contributed by atoms with Gasteiger partial charge in [0.25, 0.3) is 5.91 Å². The van der Waals surface area contributed by atoms with Gasteiger partial charge in [-0.1, -0.05) is 6.07 Å². The van der Waals surface area contributed by atoms with Gasteiger partial charge < -0.3 is 24.3 Å². The van der Waals surface area contributed by atoms with Crippen molar-refractivity contribution in [1.29, 1.82) is 0 Å². The van der Waals surface area contributed by atoms with Crippen molar-refractivity contribution >= 4 is 28.5 Å². The van der Waals surface area contributed by atoms with Crippen LogP contribution in [-0.2, 0) is 0 Å². The van der Waals surface area contributed by atoms with Crippen LogP contribution < -0.4 is 24.3 Å². The van der Waals surface area contributed by atoms with Gasteiger partial charge in [0.2, 0.25) is 0 Å². The number of rotatable bonds is 7. The Kier molecular flexibility index (Phi) is 6.96. The topological polar surface area (TPSA) is 66.0 Å². The maximum absolute atomic E-state index is 12.7. The van der Waals surface area contributed by atoms with Crippen molar-refractivity contribution in [3.05, 3.63) is 45.0 Å². The minimum Gasteiger partial charge on any atom is -0.493 e. The van der Waals surface area contributed by atoms with Crippen molar-refractivity contribution in [3.63, 3.8) is 0 Å². The first-order chi connectivity index (χ1) is 12.4. The summed E-state index contributed by atoms with van der Waals surface area (Å²) in [5.41, 5.74) is 1.43. The lowest BCUT2D eigenvalue weighted by Gasteiger charge is -2.18. The van der Waals surface area contributed by atoms with Crippen LogP contribution >= 0.6 is 22.6 Å². The zero-order chi connectivity index (χ0) is 19.3. The van der Waals surface area contributed by atoms with E-state index in [1.807, 2.05) is 25.1 Å². The third-order valence-electron chi connectivity index (χ3n) is 3.97. The SMILES string of the molecule is COc1ccc(C(C)NC(=O)c2cc(OC)c(OC)cc2I)cc1OC. The molecule has 1 unspecified atom stereocenters. The molecule has 0 aliphatic carbocycles. The Morgan fingerprint density at radius 2 is 1.42 bits per heavy atom. The van der Waals surface area contributed by atoms with Crippen LogP contribution in [0.3, 0.4) is 0 Å². The number of ether oxygens (including phenoxy) is 4. The molecular weight excluding hydrogens is 449 g/mol. The van der Waals surface area contributed by atoms with Gasteiger partial charge in [-0.3, -0.25) is 4.79 Å². The van der Waals surface area contributed by atoms with E-state index >= 15 is 0 Å². The highest BCUT2D eigenvalue weighted by Gasteiger charge is 2.18. The molecule has 0 fully saturated rings.